The Bertz CT molecular complexity index is 1110. The van der Waals surface area contributed by atoms with Crippen LogP contribution in [-0.4, -0.2) is 23.0 Å². The van der Waals surface area contributed by atoms with E-state index in [0.29, 0.717) is 27.5 Å². The van der Waals surface area contributed by atoms with Gasteiger partial charge in [0.25, 0.3) is 5.69 Å². The molecule has 144 valence electrons. The van der Waals surface area contributed by atoms with E-state index in [0.717, 1.165) is 5.56 Å². The zero-order chi connectivity index (χ0) is 20.8. The number of nitrogens with zero attached hydrogens (tertiary/aromatic N) is 3. The Kier molecular flexibility index (Phi) is 5.97. The Morgan fingerprint density at radius 2 is 1.93 bits per heavy atom. The molecule has 9 heteroatoms. The molecule has 0 atom stereocenters. The average molecular weight is 406 g/mol. The number of non-ortho nitro benzene ring substituents is 1. The number of thiazole rings is 1. The third-order valence-electron chi connectivity index (χ3n) is 3.92. The average Bonchev–Trinajstić information content (AvgIpc) is 3.24. The summed E-state index contributed by atoms with van der Waals surface area (Å²) in [6, 6.07) is 14.8. The lowest BCUT2D eigenvalue weighted by atomic mass is 10.1. The van der Waals surface area contributed by atoms with Gasteiger partial charge in [-0.3, -0.25) is 10.1 Å². The van der Waals surface area contributed by atoms with Crippen molar-refractivity contribution >= 4 is 34.3 Å². The minimum Gasteiger partial charge on any atom is -0.465 e. The third-order valence-corrected chi connectivity index (χ3v) is 4.79. The molecule has 0 radical (unpaired) electrons. The number of nitro groups is 1. The number of rotatable bonds is 6. The van der Waals surface area contributed by atoms with Crippen molar-refractivity contribution in [3.63, 3.8) is 0 Å². The van der Waals surface area contributed by atoms with E-state index in [2.05, 4.69) is 21.1 Å². The molecule has 3 aromatic rings. The molecule has 2 aromatic carbocycles. The summed E-state index contributed by atoms with van der Waals surface area (Å²) >= 11 is 1.30. The largest absolute Gasteiger partial charge is 0.465 e. The summed E-state index contributed by atoms with van der Waals surface area (Å²) < 4.78 is 4.65. The number of nitriles is 1. The second kappa shape index (κ2) is 8.77. The van der Waals surface area contributed by atoms with Gasteiger partial charge >= 0.3 is 5.97 Å². The minimum atomic E-state index is -0.462. The normalized spacial score (nSPS) is 10.8. The number of anilines is 1. The van der Waals surface area contributed by atoms with Crippen LogP contribution in [0, 0.1) is 21.4 Å². The fourth-order valence-electron chi connectivity index (χ4n) is 2.40. The van der Waals surface area contributed by atoms with Gasteiger partial charge in [-0.05, 0) is 36.4 Å². The Morgan fingerprint density at radius 1 is 1.24 bits per heavy atom. The summed E-state index contributed by atoms with van der Waals surface area (Å²) in [5.41, 5.74) is 2.81. The number of allylic oxidation sites excluding steroid dienone is 1. The number of esters is 1. The number of benzene rings is 2. The molecule has 0 spiro atoms. The number of aromatic nitrogens is 1. The summed E-state index contributed by atoms with van der Waals surface area (Å²) in [5, 5.41) is 25.5. The van der Waals surface area contributed by atoms with Crippen LogP contribution in [0.2, 0.25) is 0 Å². The number of carbonyl (C=O) groups excluding carboxylic acids is 1. The summed E-state index contributed by atoms with van der Waals surface area (Å²) in [6.45, 7) is 0. The Labute approximate surface area is 169 Å². The molecule has 3 rings (SSSR count). The lowest BCUT2D eigenvalue weighted by Gasteiger charge is -2.03. The lowest BCUT2D eigenvalue weighted by molar-refractivity contribution is -0.384. The predicted octanol–water partition coefficient (Wildman–Crippen LogP) is 4.48. The molecule has 0 bridgehead atoms. The second-order valence-corrected chi connectivity index (χ2v) is 6.58. The van der Waals surface area contributed by atoms with Crippen molar-refractivity contribution in [1.29, 1.82) is 5.26 Å². The molecule has 0 saturated carbocycles. The maximum atomic E-state index is 11.5. The number of nitro benzene ring substituents is 1. The predicted molar refractivity (Wildman–Crippen MR) is 109 cm³/mol. The molecular formula is C20H14N4O4S. The molecule has 1 heterocycles. The second-order valence-electron chi connectivity index (χ2n) is 5.72. The van der Waals surface area contributed by atoms with Crippen molar-refractivity contribution in [3.8, 4) is 17.3 Å². The number of carbonyl (C=O) groups is 1. The molecule has 0 amide bonds. The van der Waals surface area contributed by atoms with E-state index in [1.54, 1.807) is 41.8 Å². The Morgan fingerprint density at radius 3 is 2.52 bits per heavy atom. The van der Waals surface area contributed by atoms with Crippen molar-refractivity contribution in [2.75, 3.05) is 12.4 Å². The molecule has 0 saturated heterocycles. The van der Waals surface area contributed by atoms with Crippen LogP contribution in [0.4, 0.5) is 11.4 Å². The Balaban J connectivity index is 1.76. The molecule has 0 aliphatic carbocycles. The molecule has 0 aliphatic rings. The van der Waals surface area contributed by atoms with Crippen LogP contribution < -0.4 is 5.32 Å². The zero-order valence-electron chi connectivity index (χ0n) is 15.2. The van der Waals surface area contributed by atoms with Crippen LogP contribution in [0.3, 0.4) is 0 Å². The van der Waals surface area contributed by atoms with Gasteiger partial charge in [-0.15, -0.1) is 11.3 Å². The molecule has 1 aromatic heterocycles. The summed E-state index contributed by atoms with van der Waals surface area (Å²) in [6.07, 6.45) is 1.53. The number of ether oxygens (including phenoxy) is 1. The van der Waals surface area contributed by atoms with Crippen molar-refractivity contribution < 1.29 is 14.5 Å². The van der Waals surface area contributed by atoms with Crippen LogP contribution in [-0.2, 0) is 4.74 Å². The highest BCUT2D eigenvalue weighted by Gasteiger charge is 2.11. The molecular weight excluding hydrogens is 392 g/mol. The van der Waals surface area contributed by atoms with E-state index in [1.807, 2.05) is 0 Å². The molecule has 1 N–H and O–H groups in total. The van der Waals surface area contributed by atoms with Gasteiger partial charge in [-0.25, -0.2) is 9.78 Å². The quantitative estimate of drug-likeness (QED) is 0.277. The maximum Gasteiger partial charge on any atom is 0.337 e. The lowest BCUT2D eigenvalue weighted by Crippen LogP contribution is -2.00. The van der Waals surface area contributed by atoms with Crippen molar-refractivity contribution in [2.45, 2.75) is 0 Å². The zero-order valence-corrected chi connectivity index (χ0v) is 16.0. The van der Waals surface area contributed by atoms with Crippen molar-refractivity contribution in [1.82, 2.24) is 4.98 Å². The molecule has 0 fully saturated rings. The van der Waals surface area contributed by atoms with Gasteiger partial charge in [0.1, 0.15) is 16.6 Å². The first kappa shape index (κ1) is 19.7. The highest BCUT2D eigenvalue weighted by molar-refractivity contribution is 7.11. The first-order chi connectivity index (χ1) is 14.0. The molecule has 0 aliphatic heterocycles. The maximum absolute atomic E-state index is 11.5. The van der Waals surface area contributed by atoms with E-state index in [-0.39, 0.29) is 5.69 Å². The summed E-state index contributed by atoms with van der Waals surface area (Å²) in [5.74, 6) is -0.425. The summed E-state index contributed by atoms with van der Waals surface area (Å²) in [4.78, 5) is 26.2. The highest BCUT2D eigenvalue weighted by Crippen LogP contribution is 2.27. The van der Waals surface area contributed by atoms with Gasteiger partial charge in [0.15, 0.2) is 0 Å². The third kappa shape index (κ3) is 4.63. The fourth-order valence-corrected chi connectivity index (χ4v) is 3.20. The SMILES string of the molecule is COC(=O)c1ccc(N/C=C(\C#N)c2nc(-c3ccc([N+](=O)[O-])cc3)cs2)cc1. The number of hydrogen-bond donors (Lipinski definition) is 1. The van der Waals surface area contributed by atoms with Crippen LogP contribution in [0.25, 0.3) is 16.8 Å². The van der Waals surface area contributed by atoms with Gasteiger partial charge in [0, 0.05) is 35.0 Å². The van der Waals surface area contributed by atoms with Gasteiger partial charge < -0.3 is 10.1 Å². The monoisotopic (exact) mass is 406 g/mol. The van der Waals surface area contributed by atoms with Crippen molar-refractivity contribution in [3.05, 3.63) is 80.8 Å². The van der Waals surface area contributed by atoms with E-state index in [9.17, 15) is 20.2 Å². The summed E-state index contributed by atoms with van der Waals surface area (Å²) in [7, 11) is 1.31. The van der Waals surface area contributed by atoms with Crippen LogP contribution >= 0.6 is 11.3 Å². The molecule has 8 nitrogen and oxygen atoms in total. The fraction of sp³-hybridized carbons (Fsp3) is 0.0500. The first-order valence-electron chi connectivity index (χ1n) is 8.27. The number of hydrogen-bond acceptors (Lipinski definition) is 8. The van der Waals surface area contributed by atoms with Crippen LogP contribution in [0.1, 0.15) is 15.4 Å². The van der Waals surface area contributed by atoms with E-state index < -0.39 is 10.9 Å². The molecule has 0 unspecified atom stereocenters. The first-order valence-corrected chi connectivity index (χ1v) is 9.15. The van der Waals surface area contributed by atoms with Crippen molar-refractivity contribution in [2.24, 2.45) is 0 Å². The van der Waals surface area contributed by atoms with Gasteiger partial charge in [0.05, 0.1) is 23.3 Å². The number of nitrogens with one attached hydrogen (secondary N) is 1. The molecule has 29 heavy (non-hydrogen) atoms. The smallest absolute Gasteiger partial charge is 0.337 e. The van der Waals surface area contributed by atoms with E-state index in [1.165, 1.54) is 36.8 Å². The minimum absolute atomic E-state index is 0.00392. The van der Waals surface area contributed by atoms with E-state index >= 15 is 0 Å². The number of methoxy groups -OCH3 is 1. The van der Waals surface area contributed by atoms with Gasteiger partial charge in [-0.1, -0.05) is 0 Å². The topological polar surface area (TPSA) is 118 Å². The van der Waals surface area contributed by atoms with Crippen LogP contribution in [0.15, 0.2) is 60.1 Å². The van der Waals surface area contributed by atoms with Gasteiger partial charge in [0.2, 0.25) is 0 Å². The van der Waals surface area contributed by atoms with Crippen LogP contribution in [0.5, 0.6) is 0 Å². The van der Waals surface area contributed by atoms with E-state index in [4.69, 9.17) is 0 Å². The standard InChI is InChI=1S/C20H14N4O4S/c1-28-20(25)14-2-6-16(7-3-14)22-11-15(10-21)19-23-18(12-29-19)13-4-8-17(9-5-13)24(26)27/h2-9,11-12,22H,1H3/b15-11+. The Hall–Kier alpha value is -4.03. The highest BCUT2D eigenvalue weighted by atomic mass is 32.1. The van der Waals surface area contributed by atoms with Gasteiger partial charge in [-0.2, -0.15) is 5.26 Å².